The minimum absolute atomic E-state index is 0.0386. The molecule has 0 spiro atoms. The molecule has 2 fully saturated rings. The van der Waals surface area contributed by atoms with Crippen molar-refractivity contribution in [2.75, 3.05) is 53.6 Å². The maximum atomic E-state index is 12.8. The zero-order valence-corrected chi connectivity index (χ0v) is 17.6. The Kier molecular flexibility index (Phi) is 6.24. The number of morpholine rings is 1. The van der Waals surface area contributed by atoms with Crippen LogP contribution in [0.3, 0.4) is 0 Å². The summed E-state index contributed by atoms with van der Waals surface area (Å²) in [6.45, 7) is 5.17. The molecule has 1 aromatic heterocycles. The van der Waals surface area contributed by atoms with Gasteiger partial charge in [0, 0.05) is 31.3 Å². The smallest absolute Gasteiger partial charge is 0.232 e. The molecule has 1 N–H and O–H groups in total. The zero-order chi connectivity index (χ0) is 21.0. The van der Waals surface area contributed by atoms with Gasteiger partial charge in [-0.2, -0.15) is 0 Å². The van der Waals surface area contributed by atoms with Gasteiger partial charge in [0.15, 0.2) is 17.3 Å². The lowest BCUT2D eigenvalue weighted by Crippen LogP contribution is -2.39. The van der Waals surface area contributed by atoms with Crippen molar-refractivity contribution >= 4 is 5.91 Å². The van der Waals surface area contributed by atoms with Crippen molar-refractivity contribution in [2.24, 2.45) is 0 Å². The van der Waals surface area contributed by atoms with Gasteiger partial charge in [0.2, 0.25) is 5.91 Å². The molecule has 2 aromatic rings. The number of benzene rings is 1. The van der Waals surface area contributed by atoms with Crippen LogP contribution in [-0.2, 0) is 14.9 Å². The predicted molar refractivity (Wildman–Crippen MR) is 111 cm³/mol. The molecule has 0 bridgehead atoms. The summed E-state index contributed by atoms with van der Waals surface area (Å²) in [4.78, 5) is 15.2. The molecule has 1 saturated heterocycles. The summed E-state index contributed by atoms with van der Waals surface area (Å²) in [5, 5.41) is 7.31. The quantitative estimate of drug-likeness (QED) is 0.629. The number of carbonyl (C=O) groups is 1. The highest BCUT2D eigenvalue weighted by atomic mass is 16.5. The standard InChI is InChI=1S/C22H29N3O5/c1-27-17-5-4-16(14-19(17)28-2)18-15-20(24-30-18)22(6-7-22)21(26)23-8-3-9-25-10-12-29-13-11-25/h4-5,14-15H,3,6-13H2,1-2H3,(H,23,26). The van der Waals surface area contributed by atoms with Crippen molar-refractivity contribution in [1.29, 1.82) is 0 Å². The van der Waals surface area contributed by atoms with Crippen LogP contribution >= 0.6 is 0 Å². The van der Waals surface area contributed by atoms with E-state index >= 15 is 0 Å². The van der Waals surface area contributed by atoms with E-state index in [4.69, 9.17) is 18.7 Å². The first-order valence-electron chi connectivity index (χ1n) is 10.4. The molecule has 0 atom stereocenters. The molecule has 4 rings (SSSR count). The van der Waals surface area contributed by atoms with Gasteiger partial charge < -0.3 is 24.1 Å². The van der Waals surface area contributed by atoms with Crippen LogP contribution in [0.1, 0.15) is 25.0 Å². The van der Waals surface area contributed by atoms with Crippen LogP contribution < -0.4 is 14.8 Å². The minimum atomic E-state index is -0.558. The highest BCUT2D eigenvalue weighted by Crippen LogP contribution is 2.48. The Labute approximate surface area is 176 Å². The Morgan fingerprint density at radius 1 is 1.17 bits per heavy atom. The third kappa shape index (κ3) is 4.29. The van der Waals surface area contributed by atoms with Crippen LogP contribution in [0.4, 0.5) is 0 Å². The second-order valence-electron chi connectivity index (χ2n) is 7.79. The molecular formula is C22H29N3O5. The number of nitrogens with one attached hydrogen (secondary N) is 1. The topological polar surface area (TPSA) is 86.1 Å². The van der Waals surface area contributed by atoms with Crippen molar-refractivity contribution in [2.45, 2.75) is 24.7 Å². The molecule has 1 saturated carbocycles. The van der Waals surface area contributed by atoms with E-state index in [1.54, 1.807) is 14.2 Å². The van der Waals surface area contributed by atoms with Crippen LogP contribution in [0.5, 0.6) is 11.5 Å². The molecule has 1 aromatic carbocycles. The second-order valence-corrected chi connectivity index (χ2v) is 7.79. The van der Waals surface area contributed by atoms with Crippen LogP contribution in [0.25, 0.3) is 11.3 Å². The molecule has 8 heteroatoms. The first-order valence-corrected chi connectivity index (χ1v) is 10.4. The van der Waals surface area contributed by atoms with E-state index in [0.29, 0.717) is 29.5 Å². The van der Waals surface area contributed by atoms with Gasteiger partial charge in [-0.05, 0) is 44.0 Å². The summed E-state index contributed by atoms with van der Waals surface area (Å²) in [5.74, 6) is 1.91. The number of hydrogen-bond acceptors (Lipinski definition) is 7. The van der Waals surface area contributed by atoms with E-state index in [9.17, 15) is 4.79 Å². The van der Waals surface area contributed by atoms with Crippen molar-refractivity contribution in [3.05, 3.63) is 30.0 Å². The summed E-state index contributed by atoms with van der Waals surface area (Å²) in [6, 6.07) is 7.41. The Morgan fingerprint density at radius 2 is 1.93 bits per heavy atom. The molecule has 162 valence electrons. The van der Waals surface area contributed by atoms with Crippen molar-refractivity contribution in [3.63, 3.8) is 0 Å². The summed E-state index contributed by atoms with van der Waals surface area (Å²) in [6.07, 6.45) is 2.51. The highest BCUT2D eigenvalue weighted by Gasteiger charge is 2.53. The number of carbonyl (C=O) groups excluding carboxylic acids is 1. The second kappa shape index (κ2) is 9.06. The maximum absolute atomic E-state index is 12.8. The Morgan fingerprint density at radius 3 is 2.63 bits per heavy atom. The molecule has 2 aliphatic rings. The zero-order valence-electron chi connectivity index (χ0n) is 17.6. The summed E-state index contributed by atoms with van der Waals surface area (Å²) in [7, 11) is 3.19. The van der Waals surface area contributed by atoms with Crippen LogP contribution in [-0.4, -0.2) is 69.6 Å². The van der Waals surface area contributed by atoms with E-state index in [2.05, 4.69) is 15.4 Å². The van der Waals surface area contributed by atoms with E-state index in [-0.39, 0.29) is 5.91 Å². The molecule has 0 radical (unpaired) electrons. The molecule has 1 amide bonds. The van der Waals surface area contributed by atoms with Crippen LogP contribution in [0, 0.1) is 0 Å². The van der Waals surface area contributed by atoms with Crippen molar-refractivity contribution in [3.8, 4) is 22.8 Å². The Bertz CT molecular complexity index is 871. The first kappa shape index (κ1) is 20.7. The first-order chi connectivity index (χ1) is 14.7. The number of amides is 1. The molecule has 8 nitrogen and oxygen atoms in total. The minimum Gasteiger partial charge on any atom is -0.493 e. The van der Waals surface area contributed by atoms with Gasteiger partial charge in [0.25, 0.3) is 0 Å². The molecular weight excluding hydrogens is 386 g/mol. The van der Waals surface area contributed by atoms with E-state index in [0.717, 1.165) is 57.7 Å². The molecule has 1 aliphatic heterocycles. The monoisotopic (exact) mass is 415 g/mol. The fourth-order valence-electron chi connectivity index (χ4n) is 3.85. The lowest BCUT2D eigenvalue weighted by atomic mass is 10.00. The van der Waals surface area contributed by atoms with Gasteiger partial charge in [-0.3, -0.25) is 9.69 Å². The average Bonchev–Trinajstić information content (AvgIpc) is 3.46. The normalized spacial score (nSPS) is 18.1. The summed E-state index contributed by atoms with van der Waals surface area (Å²) >= 11 is 0. The predicted octanol–water partition coefficient (Wildman–Crippen LogP) is 2.23. The maximum Gasteiger partial charge on any atom is 0.232 e. The SMILES string of the molecule is COc1ccc(-c2cc(C3(C(=O)NCCCN4CCOCC4)CC3)no2)cc1OC. The van der Waals surface area contributed by atoms with Crippen molar-refractivity contribution in [1.82, 2.24) is 15.4 Å². The lowest BCUT2D eigenvalue weighted by molar-refractivity contribution is -0.123. The van der Waals surface area contributed by atoms with Gasteiger partial charge in [-0.1, -0.05) is 5.16 Å². The average molecular weight is 415 g/mol. The van der Waals surface area contributed by atoms with Gasteiger partial charge in [0.05, 0.1) is 38.5 Å². The van der Waals surface area contributed by atoms with E-state index < -0.39 is 5.41 Å². The van der Waals surface area contributed by atoms with Crippen LogP contribution in [0.2, 0.25) is 0 Å². The number of methoxy groups -OCH3 is 2. The van der Waals surface area contributed by atoms with Gasteiger partial charge in [-0.25, -0.2) is 0 Å². The molecule has 0 unspecified atom stereocenters. The van der Waals surface area contributed by atoms with Crippen LogP contribution in [0.15, 0.2) is 28.8 Å². The molecule has 30 heavy (non-hydrogen) atoms. The third-order valence-corrected chi connectivity index (χ3v) is 5.89. The van der Waals surface area contributed by atoms with Gasteiger partial charge in [0.1, 0.15) is 0 Å². The number of ether oxygens (including phenoxy) is 3. The molecule has 2 heterocycles. The Balaban J connectivity index is 1.36. The lowest BCUT2D eigenvalue weighted by Gasteiger charge is -2.26. The fraction of sp³-hybridized carbons (Fsp3) is 0.545. The summed E-state index contributed by atoms with van der Waals surface area (Å²) < 4.78 is 21.6. The summed E-state index contributed by atoms with van der Waals surface area (Å²) in [5.41, 5.74) is 0.961. The fourth-order valence-corrected chi connectivity index (χ4v) is 3.85. The van der Waals surface area contributed by atoms with E-state index in [1.807, 2.05) is 24.3 Å². The number of aromatic nitrogens is 1. The number of nitrogens with zero attached hydrogens (tertiary/aromatic N) is 2. The van der Waals surface area contributed by atoms with E-state index in [1.165, 1.54) is 0 Å². The van der Waals surface area contributed by atoms with Gasteiger partial charge in [-0.15, -0.1) is 0 Å². The number of rotatable bonds is 9. The highest BCUT2D eigenvalue weighted by molar-refractivity contribution is 5.91. The number of hydrogen-bond donors (Lipinski definition) is 1. The molecule has 1 aliphatic carbocycles. The third-order valence-electron chi connectivity index (χ3n) is 5.89. The van der Waals surface area contributed by atoms with Crippen molar-refractivity contribution < 1.29 is 23.5 Å². The Hall–Kier alpha value is -2.58. The van der Waals surface area contributed by atoms with Gasteiger partial charge >= 0.3 is 0 Å². The largest absolute Gasteiger partial charge is 0.493 e.